The van der Waals surface area contributed by atoms with Gasteiger partial charge in [0.25, 0.3) is 0 Å². The van der Waals surface area contributed by atoms with Crippen molar-refractivity contribution in [3.05, 3.63) is 98.9 Å². The Bertz CT molecular complexity index is 1480. The first kappa shape index (κ1) is 24.0. The molecule has 2 aromatic carbocycles. The minimum Gasteiger partial charge on any atom is -0.497 e. The first-order chi connectivity index (χ1) is 17.9. The topological polar surface area (TPSA) is 49.7 Å². The van der Waals surface area contributed by atoms with Gasteiger partial charge in [-0.2, -0.15) is 0 Å². The summed E-state index contributed by atoms with van der Waals surface area (Å²) in [7, 11) is 3.78. The standard InChI is InChI=1S/C28H26ClFN4O2S/c1-32-13-11-20-21-15-34(28(35)31-18-7-10-23(30)22(29)14-18)26(17-5-8-19(36-2)9-6-17)24-4-3-12-33(24)27(21)37-25(20)16-32/h3-10,12,14,26H,11,13,15-16H2,1-2H3,(H,31,35)/t26-/m0/s1. The van der Waals surface area contributed by atoms with Gasteiger partial charge in [-0.3, -0.25) is 0 Å². The zero-order valence-electron chi connectivity index (χ0n) is 20.5. The summed E-state index contributed by atoms with van der Waals surface area (Å²) in [6.45, 7) is 2.34. The van der Waals surface area contributed by atoms with Crippen molar-refractivity contribution in [2.24, 2.45) is 0 Å². The van der Waals surface area contributed by atoms with Crippen molar-refractivity contribution in [1.29, 1.82) is 0 Å². The largest absolute Gasteiger partial charge is 0.497 e. The van der Waals surface area contributed by atoms with E-state index in [1.54, 1.807) is 7.11 Å². The Morgan fingerprint density at radius 1 is 1.14 bits per heavy atom. The number of urea groups is 1. The quantitative estimate of drug-likeness (QED) is 0.327. The van der Waals surface area contributed by atoms with E-state index in [1.165, 1.54) is 39.2 Å². The number of amides is 2. The van der Waals surface area contributed by atoms with Crippen LogP contribution in [0.5, 0.6) is 5.75 Å². The Labute approximate surface area is 223 Å². The molecule has 0 unspecified atom stereocenters. The summed E-state index contributed by atoms with van der Waals surface area (Å²) in [4.78, 5) is 19.5. The zero-order valence-corrected chi connectivity index (χ0v) is 22.1. The van der Waals surface area contributed by atoms with Crippen LogP contribution in [0, 0.1) is 5.82 Å². The van der Waals surface area contributed by atoms with E-state index in [9.17, 15) is 9.18 Å². The minimum absolute atomic E-state index is 0.0347. The van der Waals surface area contributed by atoms with E-state index in [1.807, 2.05) is 46.6 Å². The van der Waals surface area contributed by atoms with Crippen LogP contribution in [0.1, 0.15) is 33.3 Å². The molecule has 2 aliphatic rings. The molecule has 4 heterocycles. The van der Waals surface area contributed by atoms with Crippen molar-refractivity contribution in [1.82, 2.24) is 14.4 Å². The van der Waals surface area contributed by atoms with Gasteiger partial charge < -0.3 is 24.4 Å². The molecule has 0 saturated carbocycles. The summed E-state index contributed by atoms with van der Waals surface area (Å²) in [6, 6.07) is 15.5. The number of rotatable bonds is 3. The van der Waals surface area contributed by atoms with E-state index in [0.29, 0.717) is 12.2 Å². The molecule has 0 radical (unpaired) electrons. The van der Waals surface area contributed by atoms with Crippen molar-refractivity contribution in [2.45, 2.75) is 25.6 Å². The number of aromatic nitrogens is 1. The molecule has 1 atom stereocenters. The highest BCUT2D eigenvalue weighted by atomic mass is 35.5. The summed E-state index contributed by atoms with van der Waals surface area (Å²) in [5, 5.41) is 4.09. The van der Waals surface area contributed by atoms with Gasteiger partial charge in [0.05, 0.1) is 30.4 Å². The van der Waals surface area contributed by atoms with Crippen LogP contribution in [-0.4, -0.2) is 41.1 Å². The zero-order chi connectivity index (χ0) is 25.7. The predicted octanol–water partition coefficient (Wildman–Crippen LogP) is 6.46. The molecule has 0 aliphatic carbocycles. The molecule has 2 aromatic heterocycles. The van der Waals surface area contributed by atoms with E-state index < -0.39 is 5.82 Å². The number of nitrogens with zero attached hydrogens (tertiary/aromatic N) is 3. The highest BCUT2D eigenvalue weighted by Crippen LogP contribution is 2.43. The molecule has 0 spiro atoms. The lowest BCUT2D eigenvalue weighted by Gasteiger charge is -2.32. The summed E-state index contributed by atoms with van der Waals surface area (Å²) in [5.74, 6) is 0.227. The molecule has 2 aliphatic heterocycles. The van der Waals surface area contributed by atoms with Crippen molar-refractivity contribution in [3.63, 3.8) is 0 Å². The van der Waals surface area contributed by atoms with Crippen molar-refractivity contribution in [3.8, 4) is 10.8 Å². The molecule has 6 rings (SSSR count). The number of halogens is 2. The molecule has 190 valence electrons. The lowest BCUT2D eigenvalue weighted by molar-refractivity contribution is 0.194. The Morgan fingerprint density at radius 2 is 1.95 bits per heavy atom. The maximum absolute atomic E-state index is 13.9. The lowest BCUT2D eigenvalue weighted by Crippen LogP contribution is -2.38. The van der Waals surface area contributed by atoms with Crippen LogP contribution in [0.4, 0.5) is 14.9 Å². The molecule has 4 aromatic rings. The Morgan fingerprint density at radius 3 is 2.70 bits per heavy atom. The predicted molar refractivity (Wildman–Crippen MR) is 144 cm³/mol. The normalized spacial score (nSPS) is 17.0. The highest BCUT2D eigenvalue weighted by molar-refractivity contribution is 7.15. The van der Waals surface area contributed by atoms with Gasteiger partial charge in [-0.1, -0.05) is 23.7 Å². The average molecular weight is 537 g/mol. The number of fused-ring (bicyclic) bond motifs is 5. The van der Waals surface area contributed by atoms with Crippen molar-refractivity contribution >= 4 is 34.7 Å². The smallest absolute Gasteiger partial charge is 0.322 e. The first-order valence-electron chi connectivity index (χ1n) is 12.1. The Kier molecular flexibility index (Phi) is 6.18. The van der Waals surface area contributed by atoms with Crippen LogP contribution >= 0.6 is 22.9 Å². The van der Waals surface area contributed by atoms with Crippen LogP contribution in [0.3, 0.4) is 0 Å². The Hall–Kier alpha value is -3.33. The van der Waals surface area contributed by atoms with E-state index in [4.69, 9.17) is 16.3 Å². The number of nitrogens with one attached hydrogen (secondary N) is 1. The second kappa shape index (κ2) is 9.52. The first-order valence-corrected chi connectivity index (χ1v) is 13.3. The maximum atomic E-state index is 13.9. The number of thiophene rings is 1. The fourth-order valence-electron chi connectivity index (χ4n) is 5.26. The van der Waals surface area contributed by atoms with Gasteiger partial charge in [-0.05, 0) is 67.1 Å². The van der Waals surface area contributed by atoms with Crippen LogP contribution in [0.2, 0.25) is 5.02 Å². The summed E-state index contributed by atoms with van der Waals surface area (Å²) in [6.07, 6.45) is 3.03. The molecular weight excluding hydrogens is 511 g/mol. The lowest BCUT2D eigenvalue weighted by atomic mass is 10.00. The monoisotopic (exact) mass is 536 g/mol. The fourth-order valence-corrected chi connectivity index (χ4v) is 6.88. The number of carbonyl (C=O) groups is 1. The van der Waals surface area contributed by atoms with Crippen LogP contribution in [-0.2, 0) is 19.5 Å². The van der Waals surface area contributed by atoms with Gasteiger partial charge in [-0.15, -0.1) is 11.3 Å². The third kappa shape index (κ3) is 4.29. The van der Waals surface area contributed by atoms with E-state index in [-0.39, 0.29) is 17.1 Å². The molecule has 9 heteroatoms. The van der Waals surface area contributed by atoms with Gasteiger partial charge >= 0.3 is 6.03 Å². The molecule has 2 amide bonds. The molecule has 6 nitrogen and oxygen atoms in total. The second-order valence-corrected chi connectivity index (χ2v) is 10.9. The summed E-state index contributed by atoms with van der Waals surface area (Å²) < 4.78 is 21.4. The average Bonchev–Trinajstić information content (AvgIpc) is 3.47. The number of benzene rings is 2. The second-order valence-electron chi connectivity index (χ2n) is 9.44. The van der Waals surface area contributed by atoms with Gasteiger partial charge in [0, 0.05) is 35.4 Å². The summed E-state index contributed by atoms with van der Waals surface area (Å²) >= 11 is 7.81. The molecule has 0 fully saturated rings. The van der Waals surface area contributed by atoms with Gasteiger partial charge in [-0.25, -0.2) is 9.18 Å². The van der Waals surface area contributed by atoms with Crippen LogP contribution in [0.15, 0.2) is 60.8 Å². The van der Waals surface area contributed by atoms with Crippen LogP contribution < -0.4 is 10.1 Å². The SMILES string of the molecule is COc1ccc([C@H]2c3cccn3-c3sc4c(c3CN2C(=O)Nc2ccc(F)c(Cl)c2)CCN(C)C4)cc1. The molecule has 0 saturated heterocycles. The van der Waals surface area contributed by atoms with Gasteiger partial charge in [0.15, 0.2) is 0 Å². The molecule has 0 bridgehead atoms. The number of likely N-dealkylation sites (N-methyl/N-ethyl adjacent to an activating group) is 1. The van der Waals surface area contributed by atoms with E-state index >= 15 is 0 Å². The summed E-state index contributed by atoms with van der Waals surface area (Å²) in [5.41, 5.74) is 4.95. The number of hydrogen-bond acceptors (Lipinski definition) is 4. The number of hydrogen-bond donors (Lipinski definition) is 1. The van der Waals surface area contributed by atoms with Crippen molar-refractivity contribution in [2.75, 3.05) is 26.0 Å². The van der Waals surface area contributed by atoms with Gasteiger partial charge in [0.1, 0.15) is 16.6 Å². The number of methoxy groups -OCH3 is 1. The number of ether oxygens (including phenoxy) is 1. The minimum atomic E-state index is -0.525. The Balaban J connectivity index is 1.48. The van der Waals surface area contributed by atoms with E-state index in [2.05, 4.69) is 34.1 Å². The molecule has 37 heavy (non-hydrogen) atoms. The van der Waals surface area contributed by atoms with Crippen molar-refractivity contribution < 1.29 is 13.9 Å². The van der Waals surface area contributed by atoms with Crippen LogP contribution in [0.25, 0.3) is 5.00 Å². The third-order valence-corrected chi connectivity index (χ3v) is 8.67. The number of carbonyl (C=O) groups excluding carboxylic acids is 1. The third-order valence-electron chi connectivity index (χ3n) is 7.12. The maximum Gasteiger partial charge on any atom is 0.322 e. The molecular formula is C28H26ClFN4O2S. The van der Waals surface area contributed by atoms with Gasteiger partial charge in [0.2, 0.25) is 0 Å². The fraction of sp³-hybridized carbons (Fsp3) is 0.250. The number of anilines is 1. The van der Waals surface area contributed by atoms with E-state index in [0.717, 1.165) is 36.5 Å². The highest BCUT2D eigenvalue weighted by Gasteiger charge is 2.36. The molecule has 1 N–H and O–H groups in total.